The molecule has 3 N–H and O–H groups in total. The number of nitrogens with one attached hydrogen (secondary N) is 1. The Morgan fingerprint density at radius 2 is 2.12 bits per heavy atom. The summed E-state index contributed by atoms with van der Waals surface area (Å²) in [4.78, 5) is 18.8. The van der Waals surface area contributed by atoms with Crippen LogP contribution < -0.4 is 11.3 Å². The molecule has 1 unspecified atom stereocenters. The zero-order valence-corrected chi connectivity index (χ0v) is 10.1. The van der Waals surface area contributed by atoms with Crippen LogP contribution in [0.25, 0.3) is 0 Å². The van der Waals surface area contributed by atoms with E-state index >= 15 is 0 Å². The molecule has 2 rings (SSSR count). The van der Waals surface area contributed by atoms with Crippen molar-refractivity contribution in [2.75, 3.05) is 0 Å². The summed E-state index contributed by atoms with van der Waals surface area (Å²) >= 11 is 0. The maximum atomic E-state index is 11.6. The Kier molecular flexibility index (Phi) is 2.62. The molecule has 1 aliphatic rings. The first kappa shape index (κ1) is 11.3. The molecule has 1 saturated carbocycles. The fourth-order valence-electron chi connectivity index (χ4n) is 1.70. The summed E-state index contributed by atoms with van der Waals surface area (Å²) in [5.74, 6) is 1.14. The van der Waals surface area contributed by atoms with Gasteiger partial charge in [-0.25, -0.2) is 4.98 Å². The van der Waals surface area contributed by atoms with Crippen LogP contribution in [0, 0.1) is 5.92 Å². The topological polar surface area (TPSA) is 71.8 Å². The van der Waals surface area contributed by atoms with Crippen molar-refractivity contribution in [3.8, 4) is 0 Å². The van der Waals surface area contributed by atoms with Gasteiger partial charge in [0.25, 0.3) is 5.56 Å². The zero-order valence-electron chi connectivity index (χ0n) is 10.1. The Hall–Kier alpha value is -1.16. The maximum absolute atomic E-state index is 11.6. The van der Waals surface area contributed by atoms with E-state index in [0.29, 0.717) is 11.7 Å². The van der Waals surface area contributed by atoms with E-state index in [1.807, 2.05) is 20.8 Å². The predicted octanol–water partition coefficient (Wildman–Crippen LogP) is 1.48. The largest absolute Gasteiger partial charge is 0.321 e. The molecular weight excluding hydrogens is 202 g/mol. The lowest BCUT2D eigenvalue weighted by Crippen LogP contribution is -2.25. The zero-order chi connectivity index (χ0) is 11.9. The van der Waals surface area contributed by atoms with Crippen LogP contribution in [0.2, 0.25) is 0 Å². The van der Waals surface area contributed by atoms with Gasteiger partial charge in [-0.15, -0.1) is 0 Å². The number of hydrogen-bond acceptors (Lipinski definition) is 3. The maximum Gasteiger partial charge on any atom is 0.251 e. The molecule has 1 aromatic rings. The first-order valence-corrected chi connectivity index (χ1v) is 5.75. The van der Waals surface area contributed by atoms with Crippen molar-refractivity contribution < 1.29 is 0 Å². The van der Waals surface area contributed by atoms with Crippen LogP contribution in [0.4, 0.5) is 0 Å². The molecule has 0 bridgehead atoms. The van der Waals surface area contributed by atoms with Crippen molar-refractivity contribution in [2.45, 2.75) is 45.1 Å². The number of H-pyrrole nitrogens is 1. The van der Waals surface area contributed by atoms with E-state index in [4.69, 9.17) is 5.73 Å². The van der Waals surface area contributed by atoms with Gasteiger partial charge in [0.2, 0.25) is 0 Å². The Labute approximate surface area is 95.3 Å². The van der Waals surface area contributed by atoms with E-state index in [2.05, 4.69) is 9.97 Å². The van der Waals surface area contributed by atoms with Gasteiger partial charge in [0.1, 0.15) is 5.82 Å². The molecule has 16 heavy (non-hydrogen) atoms. The molecule has 1 atom stereocenters. The van der Waals surface area contributed by atoms with Crippen LogP contribution in [0.5, 0.6) is 0 Å². The molecule has 4 nitrogen and oxygen atoms in total. The monoisotopic (exact) mass is 221 g/mol. The van der Waals surface area contributed by atoms with Crippen molar-refractivity contribution in [1.29, 1.82) is 0 Å². The fraction of sp³-hybridized carbons (Fsp3) is 0.667. The van der Waals surface area contributed by atoms with Crippen molar-refractivity contribution in [2.24, 2.45) is 11.7 Å². The molecule has 1 aromatic heterocycles. The van der Waals surface area contributed by atoms with Gasteiger partial charge in [-0.2, -0.15) is 0 Å². The first-order chi connectivity index (χ1) is 7.38. The lowest BCUT2D eigenvalue weighted by Gasteiger charge is -2.19. The van der Waals surface area contributed by atoms with Gasteiger partial charge in [-0.1, -0.05) is 20.8 Å². The molecule has 1 heterocycles. The van der Waals surface area contributed by atoms with E-state index in [-0.39, 0.29) is 17.0 Å². The SMILES string of the molecule is CC(C)(C)c1cc(=O)[nH]c(C(N)C2CC2)n1. The number of aromatic nitrogens is 2. The van der Waals surface area contributed by atoms with E-state index in [9.17, 15) is 4.79 Å². The Morgan fingerprint density at radius 1 is 1.50 bits per heavy atom. The third-order valence-corrected chi connectivity index (χ3v) is 2.97. The molecule has 4 heteroatoms. The highest BCUT2D eigenvalue weighted by Crippen LogP contribution is 2.38. The molecule has 1 fully saturated rings. The van der Waals surface area contributed by atoms with Crippen LogP contribution >= 0.6 is 0 Å². The Morgan fingerprint density at radius 3 is 2.62 bits per heavy atom. The van der Waals surface area contributed by atoms with E-state index in [0.717, 1.165) is 18.5 Å². The second-order valence-electron chi connectivity index (χ2n) is 5.63. The average molecular weight is 221 g/mol. The molecule has 0 radical (unpaired) electrons. The number of aromatic amines is 1. The van der Waals surface area contributed by atoms with Gasteiger partial charge < -0.3 is 10.7 Å². The van der Waals surface area contributed by atoms with Crippen LogP contribution in [0.3, 0.4) is 0 Å². The fourth-order valence-corrected chi connectivity index (χ4v) is 1.70. The Balaban J connectivity index is 2.39. The lowest BCUT2D eigenvalue weighted by molar-refractivity contribution is 0.536. The number of nitrogens with zero attached hydrogens (tertiary/aromatic N) is 1. The molecule has 0 spiro atoms. The summed E-state index contributed by atoms with van der Waals surface area (Å²) in [5.41, 5.74) is 6.63. The number of hydrogen-bond donors (Lipinski definition) is 2. The van der Waals surface area contributed by atoms with Gasteiger partial charge in [0.15, 0.2) is 0 Å². The molecular formula is C12H19N3O. The Bertz CT molecular complexity index is 440. The highest BCUT2D eigenvalue weighted by atomic mass is 16.1. The van der Waals surface area contributed by atoms with Gasteiger partial charge in [0, 0.05) is 11.5 Å². The summed E-state index contributed by atoms with van der Waals surface area (Å²) < 4.78 is 0. The highest BCUT2D eigenvalue weighted by molar-refractivity contribution is 5.14. The first-order valence-electron chi connectivity index (χ1n) is 5.75. The minimum Gasteiger partial charge on any atom is -0.321 e. The molecule has 1 aliphatic carbocycles. The standard InChI is InChI=1S/C12H19N3O/c1-12(2,3)8-6-9(16)15-11(14-8)10(13)7-4-5-7/h6-7,10H,4-5,13H2,1-3H3,(H,14,15,16). The van der Waals surface area contributed by atoms with Crippen LogP contribution in [0.1, 0.15) is 51.2 Å². The smallest absolute Gasteiger partial charge is 0.251 e. The molecule has 0 aliphatic heterocycles. The van der Waals surface area contributed by atoms with E-state index in [1.165, 1.54) is 0 Å². The highest BCUT2D eigenvalue weighted by Gasteiger charge is 2.31. The predicted molar refractivity (Wildman–Crippen MR) is 63.2 cm³/mol. The molecule has 0 amide bonds. The number of rotatable bonds is 2. The second kappa shape index (κ2) is 3.70. The summed E-state index contributed by atoms with van der Waals surface area (Å²) in [6.45, 7) is 6.13. The van der Waals surface area contributed by atoms with Crippen molar-refractivity contribution in [3.63, 3.8) is 0 Å². The van der Waals surface area contributed by atoms with E-state index < -0.39 is 0 Å². The van der Waals surface area contributed by atoms with Crippen molar-refractivity contribution in [3.05, 3.63) is 27.9 Å². The number of nitrogens with two attached hydrogens (primary N) is 1. The van der Waals surface area contributed by atoms with Gasteiger partial charge >= 0.3 is 0 Å². The summed E-state index contributed by atoms with van der Waals surface area (Å²) in [5, 5.41) is 0. The summed E-state index contributed by atoms with van der Waals surface area (Å²) in [6, 6.07) is 1.44. The van der Waals surface area contributed by atoms with Gasteiger partial charge in [-0.05, 0) is 18.8 Å². The second-order valence-corrected chi connectivity index (χ2v) is 5.63. The summed E-state index contributed by atoms with van der Waals surface area (Å²) in [7, 11) is 0. The van der Waals surface area contributed by atoms with Crippen LogP contribution in [-0.2, 0) is 5.41 Å². The minimum atomic E-state index is -0.119. The molecule has 88 valence electrons. The average Bonchev–Trinajstić information content (AvgIpc) is 2.97. The van der Waals surface area contributed by atoms with Crippen molar-refractivity contribution in [1.82, 2.24) is 9.97 Å². The quantitative estimate of drug-likeness (QED) is 0.794. The third kappa shape index (κ3) is 2.32. The van der Waals surface area contributed by atoms with Crippen LogP contribution in [-0.4, -0.2) is 9.97 Å². The van der Waals surface area contributed by atoms with E-state index in [1.54, 1.807) is 6.07 Å². The molecule has 0 saturated heterocycles. The van der Waals surface area contributed by atoms with Gasteiger partial charge in [-0.3, -0.25) is 4.79 Å². The van der Waals surface area contributed by atoms with Crippen molar-refractivity contribution >= 4 is 0 Å². The minimum absolute atomic E-state index is 0.106. The normalized spacial score (nSPS) is 18.5. The lowest BCUT2D eigenvalue weighted by atomic mass is 9.92. The third-order valence-electron chi connectivity index (χ3n) is 2.97. The van der Waals surface area contributed by atoms with Gasteiger partial charge in [0.05, 0.1) is 11.7 Å². The van der Waals surface area contributed by atoms with Crippen LogP contribution in [0.15, 0.2) is 10.9 Å². The molecule has 0 aromatic carbocycles. The summed E-state index contributed by atoms with van der Waals surface area (Å²) in [6.07, 6.45) is 2.29.